The Labute approximate surface area is 217 Å². The van der Waals surface area contributed by atoms with Crippen LogP contribution in [-0.2, 0) is 11.3 Å². The number of nitrogens with one attached hydrogen (secondary N) is 3. The molecule has 9 N–H and O–H groups in total. The highest BCUT2D eigenvalue weighted by Gasteiger charge is 2.23. The van der Waals surface area contributed by atoms with Gasteiger partial charge in [-0.3, -0.25) is 19.4 Å². The van der Waals surface area contributed by atoms with Gasteiger partial charge in [0.2, 0.25) is 5.91 Å². The number of fused-ring (bicyclic) bond motifs is 2. The molecule has 1 heterocycles. The number of nitrogens with two attached hydrogens (primary N) is 3. The summed E-state index contributed by atoms with van der Waals surface area (Å²) in [6.45, 7) is 5.11. The molecule has 1 aliphatic rings. The van der Waals surface area contributed by atoms with Crippen LogP contribution in [0.2, 0.25) is 0 Å². The molecule has 1 aliphatic heterocycles. The van der Waals surface area contributed by atoms with Gasteiger partial charge in [0.1, 0.15) is 0 Å². The van der Waals surface area contributed by atoms with Crippen LogP contribution in [-0.4, -0.2) is 42.6 Å². The molecule has 37 heavy (non-hydrogen) atoms. The minimum Gasteiger partial charge on any atom is -0.399 e. The zero-order valence-corrected chi connectivity index (χ0v) is 21.5. The van der Waals surface area contributed by atoms with Gasteiger partial charge in [0.25, 0.3) is 11.8 Å². The highest BCUT2D eigenvalue weighted by Crippen LogP contribution is 2.24. The lowest BCUT2D eigenvalue weighted by Crippen LogP contribution is -2.42. The lowest BCUT2D eigenvalue weighted by molar-refractivity contribution is -0.110. The number of carbonyl (C=O) groups is 3. The van der Waals surface area contributed by atoms with Crippen molar-refractivity contribution in [2.24, 2.45) is 22.4 Å². The van der Waals surface area contributed by atoms with E-state index in [1.807, 2.05) is 13.8 Å². The number of unbranched alkanes of at least 4 members (excludes halogenated alkanes) is 1. The van der Waals surface area contributed by atoms with Gasteiger partial charge in [0.15, 0.2) is 0 Å². The van der Waals surface area contributed by atoms with Gasteiger partial charge in [0, 0.05) is 29.2 Å². The predicted molar refractivity (Wildman–Crippen MR) is 148 cm³/mol. The molecular formula is C27H37N7O3. The molecule has 0 bridgehead atoms. The average molecular weight is 508 g/mol. The summed E-state index contributed by atoms with van der Waals surface area (Å²) >= 11 is 0. The van der Waals surface area contributed by atoms with Crippen LogP contribution >= 0.6 is 0 Å². The minimum atomic E-state index is -0.602. The molecule has 2 unspecified atom stereocenters. The Morgan fingerprint density at radius 2 is 1.89 bits per heavy atom. The molecule has 198 valence electrons. The number of benzene rings is 2. The van der Waals surface area contributed by atoms with Gasteiger partial charge >= 0.3 is 0 Å². The summed E-state index contributed by atoms with van der Waals surface area (Å²) in [5, 5.41) is 9.31. The van der Waals surface area contributed by atoms with Crippen molar-refractivity contribution in [2.45, 2.75) is 52.1 Å². The maximum atomic E-state index is 13.4. The van der Waals surface area contributed by atoms with Gasteiger partial charge < -0.3 is 33.2 Å². The quantitative estimate of drug-likeness (QED) is 0.248. The number of nitrogens with zero attached hydrogens (tertiary/aromatic N) is 1. The molecule has 2 aromatic carbocycles. The van der Waals surface area contributed by atoms with Crippen LogP contribution in [0.25, 0.3) is 0 Å². The van der Waals surface area contributed by atoms with Crippen molar-refractivity contribution in [3.63, 3.8) is 0 Å². The fourth-order valence-electron chi connectivity index (χ4n) is 4.10. The zero-order chi connectivity index (χ0) is 26.9. The molecule has 10 nitrogen and oxygen atoms in total. The summed E-state index contributed by atoms with van der Waals surface area (Å²) in [4.78, 5) is 43.2. The summed E-state index contributed by atoms with van der Waals surface area (Å²) in [7, 11) is 0. The molecular weight excluding hydrogens is 470 g/mol. The molecule has 0 fully saturated rings. The van der Waals surface area contributed by atoms with Crippen LogP contribution in [0.15, 0.2) is 41.4 Å². The Balaban J connectivity index is 2.09. The number of aliphatic imine (C=N–C) groups is 1. The van der Waals surface area contributed by atoms with Crippen molar-refractivity contribution < 1.29 is 14.4 Å². The summed E-state index contributed by atoms with van der Waals surface area (Å²) in [5.74, 6) is -1.12. The molecule has 0 radical (unpaired) electrons. The van der Waals surface area contributed by atoms with Crippen LogP contribution in [0, 0.1) is 5.92 Å². The summed E-state index contributed by atoms with van der Waals surface area (Å²) in [6, 6.07) is 9.68. The second kappa shape index (κ2) is 12.9. The van der Waals surface area contributed by atoms with Crippen LogP contribution in [0.3, 0.4) is 0 Å². The maximum absolute atomic E-state index is 13.4. The summed E-state index contributed by atoms with van der Waals surface area (Å²) in [6.07, 6.45) is 2.71. The van der Waals surface area contributed by atoms with Crippen molar-refractivity contribution in [1.82, 2.24) is 5.32 Å². The molecule has 0 aromatic heterocycles. The smallest absolute Gasteiger partial charge is 0.269 e. The van der Waals surface area contributed by atoms with E-state index < -0.39 is 5.91 Å². The predicted octanol–water partition coefficient (Wildman–Crippen LogP) is 2.65. The lowest BCUT2D eigenvalue weighted by Gasteiger charge is -2.25. The number of rotatable bonds is 7. The molecule has 0 saturated heterocycles. The molecule has 0 aliphatic carbocycles. The van der Waals surface area contributed by atoms with E-state index in [1.165, 1.54) is 0 Å². The first-order valence-corrected chi connectivity index (χ1v) is 12.6. The van der Waals surface area contributed by atoms with Crippen molar-refractivity contribution in [1.29, 1.82) is 0 Å². The fourth-order valence-corrected chi connectivity index (χ4v) is 4.10. The number of primary amides is 1. The standard InChI is InChI=1S/C27H37N7O3/c1-3-16(2)24-15-32-22(6-4-5-11-28)27(37)33-23-12-17(25(30)35)7-8-18(23)14-31-21-10-9-19(29)13-20(21)26(36)34-24/h7-10,12-13,16,24,31H,3-6,11,14-15,28-29H2,1-2H3,(H2,30,35)(H,33,37)(H,34,36). The van der Waals surface area contributed by atoms with E-state index in [0.29, 0.717) is 53.3 Å². The van der Waals surface area contributed by atoms with E-state index >= 15 is 0 Å². The SMILES string of the molecule is CCC(C)C1CN=C(CCCCN)C(=O)Nc2cc(C(N)=O)ccc2CNc2ccc(N)cc2C(=O)N1. The van der Waals surface area contributed by atoms with Gasteiger partial charge in [-0.05, 0) is 67.6 Å². The Hall–Kier alpha value is -3.92. The number of carbonyl (C=O) groups excluding carboxylic acids is 3. The van der Waals surface area contributed by atoms with E-state index in [4.69, 9.17) is 17.2 Å². The largest absolute Gasteiger partial charge is 0.399 e. The Morgan fingerprint density at radius 1 is 1.11 bits per heavy atom. The molecule has 2 aromatic rings. The number of nitrogen functional groups attached to an aromatic ring is 1. The molecule has 3 rings (SSSR count). The zero-order valence-electron chi connectivity index (χ0n) is 21.5. The third-order valence-corrected chi connectivity index (χ3v) is 6.66. The van der Waals surface area contributed by atoms with Crippen LogP contribution in [0.4, 0.5) is 17.1 Å². The van der Waals surface area contributed by atoms with Crippen LogP contribution < -0.4 is 33.2 Å². The van der Waals surface area contributed by atoms with Crippen molar-refractivity contribution in [2.75, 3.05) is 29.5 Å². The van der Waals surface area contributed by atoms with Crippen molar-refractivity contribution in [3.8, 4) is 0 Å². The number of hydrogen-bond donors (Lipinski definition) is 6. The number of hydrogen-bond acceptors (Lipinski definition) is 7. The van der Waals surface area contributed by atoms with Gasteiger partial charge in [0.05, 0.1) is 23.9 Å². The first-order valence-electron chi connectivity index (χ1n) is 12.6. The molecule has 0 saturated carbocycles. The number of anilines is 3. The molecule has 3 amide bonds. The third-order valence-electron chi connectivity index (χ3n) is 6.66. The first-order chi connectivity index (χ1) is 17.7. The highest BCUT2D eigenvalue weighted by molar-refractivity contribution is 6.43. The van der Waals surface area contributed by atoms with E-state index in [2.05, 4.69) is 20.9 Å². The van der Waals surface area contributed by atoms with E-state index in [-0.39, 0.29) is 42.4 Å². The topological polar surface area (TPSA) is 178 Å². The first kappa shape index (κ1) is 27.7. The van der Waals surface area contributed by atoms with Gasteiger partial charge in [-0.15, -0.1) is 0 Å². The Morgan fingerprint density at radius 3 is 2.59 bits per heavy atom. The number of amides is 3. The van der Waals surface area contributed by atoms with Gasteiger partial charge in [-0.1, -0.05) is 26.3 Å². The second-order valence-electron chi connectivity index (χ2n) is 9.35. The maximum Gasteiger partial charge on any atom is 0.269 e. The van der Waals surface area contributed by atoms with E-state index in [1.54, 1.807) is 36.4 Å². The van der Waals surface area contributed by atoms with Gasteiger partial charge in [-0.25, -0.2) is 0 Å². The molecule has 0 spiro atoms. The van der Waals surface area contributed by atoms with Crippen molar-refractivity contribution in [3.05, 3.63) is 53.1 Å². The minimum absolute atomic E-state index is 0.116. The average Bonchev–Trinajstić information content (AvgIpc) is 2.88. The lowest BCUT2D eigenvalue weighted by atomic mass is 9.98. The van der Waals surface area contributed by atoms with Crippen LogP contribution in [0.5, 0.6) is 0 Å². The molecule has 2 atom stereocenters. The normalized spacial score (nSPS) is 17.2. The van der Waals surface area contributed by atoms with E-state index in [9.17, 15) is 14.4 Å². The monoisotopic (exact) mass is 507 g/mol. The second-order valence-corrected chi connectivity index (χ2v) is 9.35. The fraction of sp³-hybridized carbons (Fsp3) is 0.407. The van der Waals surface area contributed by atoms with Crippen molar-refractivity contribution >= 4 is 40.5 Å². The van der Waals surface area contributed by atoms with Gasteiger partial charge in [-0.2, -0.15) is 0 Å². The van der Waals surface area contributed by atoms with Crippen LogP contribution in [0.1, 0.15) is 65.8 Å². The summed E-state index contributed by atoms with van der Waals surface area (Å²) in [5.41, 5.74) is 20.4. The summed E-state index contributed by atoms with van der Waals surface area (Å²) < 4.78 is 0. The Bertz CT molecular complexity index is 1180. The third kappa shape index (κ3) is 7.29. The highest BCUT2D eigenvalue weighted by atomic mass is 16.2. The Kier molecular flexibility index (Phi) is 9.62. The van der Waals surface area contributed by atoms with E-state index in [0.717, 1.165) is 12.8 Å². The molecule has 10 heteroatoms.